The summed E-state index contributed by atoms with van der Waals surface area (Å²) < 4.78 is 38.5. The van der Waals surface area contributed by atoms with E-state index in [1.807, 2.05) is 53.7 Å². The zero-order valence-electron chi connectivity index (χ0n) is 16.2. The minimum atomic E-state index is -3.50. The van der Waals surface area contributed by atoms with Gasteiger partial charge >= 0.3 is 6.09 Å². The highest BCUT2D eigenvalue weighted by Crippen LogP contribution is 2.34. The van der Waals surface area contributed by atoms with Crippen LogP contribution in [0.4, 0.5) is 4.79 Å². The Hall–Kier alpha value is -1.12. The van der Waals surface area contributed by atoms with E-state index in [0.717, 1.165) is 6.26 Å². The zero-order chi connectivity index (χ0) is 19.5. The molecule has 1 rings (SSSR count). The summed E-state index contributed by atoms with van der Waals surface area (Å²) in [7, 11) is -3.50. The van der Waals surface area contributed by atoms with Gasteiger partial charge in [-0.25, -0.2) is 4.79 Å². The molecule has 0 aromatic rings. The number of amides is 1. The van der Waals surface area contributed by atoms with E-state index in [2.05, 4.69) is 0 Å². The molecule has 2 atom stereocenters. The second-order valence-electron chi connectivity index (χ2n) is 7.68. The Kier molecular flexibility index (Phi) is 7.06. The lowest BCUT2D eigenvalue weighted by molar-refractivity contribution is -0.0640. The number of rotatable bonds is 6. The van der Waals surface area contributed by atoms with Gasteiger partial charge in [0.05, 0.1) is 25.5 Å². The normalized spacial score (nSPS) is 22.4. The van der Waals surface area contributed by atoms with Gasteiger partial charge in [-0.15, -0.1) is 0 Å². The first-order chi connectivity index (χ1) is 11.3. The quantitative estimate of drug-likeness (QED) is 0.523. The highest BCUT2D eigenvalue weighted by Gasteiger charge is 2.47. The topological polar surface area (TPSA) is 82.1 Å². The van der Waals surface area contributed by atoms with E-state index in [0.29, 0.717) is 13.0 Å². The summed E-state index contributed by atoms with van der Waals surface area (Å²) in [5.74, 6) is -0.110. The summed E-state index contributed by atoms with van der Waals surface area (Å²) in [4.78, 5) is 14.3. The molecule has 2 unspecified atom stereocenters. The van der Waals surface area contributed by atoms with Crippen molar-refractivity contribution < 1.29 is 26.9 Å². The molecule has 1 aliphatic rings. The second kappa shape index (κ2) is 8.05. The fraction of sp³-hybridized carbons (Fsp3) is 0.824. The number of carbonyl (C=O) groups excluding carboxylic acids is 1. The Morgan fingerprint density at radius 3 is 2.48 bits per heavy atom. The Bertz CT molecular complexity index is 591. The van der Waals surface area contributed by atoms with E-state index >= 15 is 0 Å². The molecule has 1 amide bonds. The smallest absolute Gasteiger partial charge is 0.412 e. The van der Waals surface area contributed by atoms with Crippen LogP contribution in [-0.2, 0) is 23.8 Å². The van der Waals surface area contributed by atoms with Gasteiger partial charge in [-0.1, -0.05) is 12.2 Å². The van der Waals surface area contributed by atoms with E-state index in [9.17, 15) is 13.2 Å². The van der Waals surface area contributed by atoms with Crippen LogP contribution in [0.1, 0.15) is 48.0 Å². The maximum atomic E-state index is 12.7. The molecule has 0 N–H and O–H groups in total. The van der Waals surface area contributed by atoms with E-state index in [-0.39, 0.29) is 18.6 Å². The van der Waals surface area contributed by atoms with Crippen molar-refractivity contribution >= 4 is 16.2 Å². The van der Waals surface area contributed by atoms with Gasteiger partial charge in [-0.2, -0.15) is 8.42 Å². The van der Waals surface area contributed by atoms with Crippen molar-refractivity contribution in [1.82, 2.24) is 4.90 Å². The zero-order valence-corrected chi connectivity index (χ0v) is 17.1. The molecule has 1 heterocycles. The predicted octanol–water partition coefficient (Wildman–Crippen LogP) is 2.92. The van der Waals surface area contributed by atoms with Gasteiger partial charge in [-0.05, 0) is 48.0 Å². The molecule has 146 valence electrons. The van der Waals surface area contributed by atoms with Crippen LogP contribution in [0.15, 0.2) is 12.2 Å². The molecule has 8 heteroatoms. The van der Waals surface area contributed by atoms with Crippen LogP contribution < -0.4 is 0 Å². The lowest BCUT2D eigenvalue weighted by Gasteiger charge is -2.37. The van der Waals surface area contributed by atoms with Crippen molar-refractivity contribution in [2.45, 2.75) is 65.3 Å². The van der Waals surface area contributed by atoms with E-state index in [4.69, 9.17) is 13.7 Å². The minimum Gasteiger partial charge on any atom is -0.444 e. The van der Waals surface area contributed by atoms with Crippen LogP contribution in [0.3, 0.4) is 0 Å². The summed E-state index contributed by atoms with van der Waals surface area (Å²) in [6, 6.07) is -0.260. The number of nitrogens with zero attached hydrogens (tertiary/aromatic N) is 1. The van der Waals surface area contributed by atoms with Crippen molar-refractivity contribution in [3.05, 3.63) is 12.2 Å². The monoisotopic (exact) mass is 377 g/mol. The lowest BCUT2D eigenvalue weighted by Crippen LogP contribution is -2.51. The molecule has 1 saturated heterocycles. The number of allylic oxidation sites excluding steroid dienone is 1. The summed E-state index contributed by atoms with van der Waals surface area (Å²) >= 11 is 0. The first-order valence-electron chi connectivity index (χ1n) is 8.40. The number of carbonyl (C=O) groups is 1. The van der Waals surface area contributed by atoms with Crippen molar-refractivity contribution in [2.24, 2.45) is 5.92 Å². The molecular weight excluding hydrogens is 346 g/mol. The molecule has 0 bridgehead atoms. The standard InChI is InChI=1S/C17H31NO6S/c1-8-9-13(10-11-23-25(7,20)21)14-12-22-17(5,6)18(14)15(19)24-16(2,3)4/h8-9,13-14H,10-12H2,1-7H3. The highest BCUT2D eigenvalue weighted by atomic mass is 32.2. The fourth-order valence-corrected chi connectivity index (χ4v) is 3.21. The van der Waals surface area contributed by atoms with Crippen LogP contribution >= 0.6 is 0 Å². The van der Waals surface area contributed by atoms with Crippen LogP contribution in [-0.4, -0.2) is 56.2 Å². The van der Waals surface area contributed by atoms with Crippen LogP contribution in [0.25, 0.3) is 0 Å². The molecule has 0 saturated carbocycles. The van der Waals surface area contributed by atoms with Crippen molar-refractivity contribution in [2.75, 3.05) is 19.5 Å². The van der Waals surface area contributed by atoms with Crippen LogP contribution in [0.5, 0.6) is 0 Å². The first kappa shape index (κ1) is 21.9. The molecule has 0 aliphatic carbocycles. The van der Waals surface area contributed by atoms with Crippen LogP contribution in [0.2, 0.25) is 0 Å². The van der Waals surface area contributed by atoms with Gasteiger partial charge in [-0.3, -0.25) is 9.08 Å². The Morgan fingerprint density at radius 2 is 2.00 bits per heavy atom. The van der Waals surface area contributed by atoms with E-state index in [1.165, 1.54) is 0 Å². The molecular formula is C17H31NO6S. The van der Waals surface area contributed by atoms with Gasteiger partial charge in [0.2, 0.25) is 0 Å². The molecule has 7 nitrogen and oxygen atoms in total. The second-order valence-corrected chi connectivity index (χ2v) is 9.32. The highest BCUT2D eigenvalue weighted by molar-refractivity contribution is 7.85. The van der Waals surface area contributed by atoms with Gasteiger partial charge < -0.3 is 9.47 Å². The number of hydrogen-bond acceptors (Lipinski definition) is 6. The molecule has 25 heavy (non-hydrogen) atoms. The Balaban J connectivity index is 2.96. The van der Waals surface area contributed by atoms with Crippen molar-refractivity contribution in [3.8, 4) is 0 Å². The maximum absolute atomic E-state index is 12.7. The number of hydrogen-bond donors (Lipinski definition) is 0. The molecule has 0 aromatic heterocycles. The molecule has 0 spiro atoms. The van der Waals surface area contributed by atoms with E-state index in [1.54, 1.807) is 4.90 Å². The molecule has 1 aliphatic heterocycles. The predicted molar refractivity (Wildman–Crippen MR) is 95.6 cm³/mol. The molecule has 1 fully saturated rings. The van der Waals surface area contributed by atoms with E-state index < -0.39 is 27.5 Å². The summed E-state index contributed by atoms with van der Waals surface area (Å²) in [6.45, 7) is 11.3. The average Bonchev–Trinajstić information content (AvgIpc) is 2.70. The Labute approximate surface area is 151 Å². The average molecular weight is 378 g/mol. The Morgan fingerprint density at radius 1 is 1.40 bits per heavy atom. The number of ether oxygens (including phenoxy) is 2. The summed E-state index contributed by atoms with van der Waals surface area (Å²) in [5.41, 5.74) is -1.42. The fourth-order valence-electron chi connectivity index (χ4n) is 2.81. The van der Waals surface area contributed by atoms with Gasteiger partial charge in [0.25, 0.3) is 10.1 Å². The minimum absolute atomic E-state index is 0.0485. The van der Waals surface area contributed by atoms with Crippen LogP contribution in [0, 0.1) is 5.92 Å². The summed E-state index contributed by atoms with van der Waals surface area (Å²) in [5, 5.41) is 0. The van der Waals surface area contributed by atoms with Gasteiger partial charge in [0.15, 0.2) is 0 Å². The molecule has 0 radical (unpaired) electrons. The summed E-state index contributed by atoms with van der Waals surface area (Å²) in [6.07, 6.45) is 4.84. The van der Waals surface area contributed by atoms with Crippen molar-refractivity contribution in [3.63, 3.8) is 0 Å². The third-order valence-electron chi connectivity index (χ3n) is 3.79. The lowest BCUT2D eigenvalue weighted by atomic mass is 9.95. The third-order valence-corrected chi connectivity index (χ3v) is 4.39. The molecule has 0 aromatic carbocycles. The van der Waals surface area contributed by atoms with Gasteiger partial charge in [0.1, 0.15) is 11.3 Å². The van der Waals surface area contributed by atoms with Gasteiger partial charge in [0, 0.05) is 5.92 Å². The first-order valence-corrected chi connectivity index (χ1v) is 10.2. The SMILES string of the molecule is CC=CC(CCOS(C)(=O)=O)C1COC(C)(C)N1C(=O)OC(C)(C)C. The largest absolute Gasteiger partial charge is 0.444 e. The third kappa shape index (κ3) is 6.95. The van der Waals surface area contributed by atoms with Crippen molar-refractivity contribution in [1.29, 1.82) is 0 Å². The maximum Gasteiger partial charge on any atom is 0.412 e.